The highest BCUT2D eigenvalue weighted by molar-refractivity contribution is 5.84. The molecule has 158 valence electrons. The van der Waals surface area contributed by atoms with E-state index in [1.807, 2.05) is 0 Å². The number of carbonyl (C=O) groups is 1. The van der Waals surface area contributed by atoms with Gasteiger partial charge >= 0.3 is 0 Å². The first kappa shape index (κ1) is 19.5. The average molecular weight is 388 g/mol. The number of hydrogen-bond donors (Lipinski definition) is 1. The molecule has 0 amide bonds. The Morgan fingerprint density at radius 3 is 2.46 bits per heavy atom. The molecular formula is C25H41NO2. The summed E-state index contributed by atoms with van der Waals surface area (Å²) in [6.07, 6.45) is 13.5. The SMILES string of the molecule is C[C@@]1(O)CC[C@H]2[C@@H](CC[C@@H]3[C@@H]2CC[C@]2(C)[C@@H](C(=O)CN4CCCC4)CC[C@@H]32)C1. The molecule has 4 aliphatic carbocycles. The van der Waals surface area contributed by atoms with Gasteiger partial charge in [-0.15, -0.1) is 0 Å². The normalized spacial score (nSPS) is 51.4. The van der Waals surface area contributed by atoms with Crippen LogP contribution >= 0.6 is 0 Å². The minimum Gasteiger partial charge on any atom is -0.390 e. The summed E-state index contributed by atoms with van der Waals surface area (Å²) in [7, 11) is 0. The summed E-state index contributed by atoms with van der Waals surface area (Å²) >= 11 is 0. The Morgan fingerprint density at radius 1 is 0.929 bits per heavy atom. The first-order valence-electron chi connectivity index (χ1n) is 12.3. The molecule has 4 saturated carbocycles. The number of aliphatic hydroxyl groups is 1. The fourth-order valence-electron chi connectivity index (χ4n) is 8.88. The van der Waals surface area contributed by atoms with Crippen LogP contribution < -0.4 is 0 Å². The zero-order valence-corrected chi connectivity index (χ0v) is 18.2. The molecule has 1 saturated heterocycles. The second-order valence-electron chi connectivity index (χ2n) is 11.8. The molecule has 1 heterocycles. The van der Waals surface area contributed by atoms with Gasteiger partial charge in [-0.2, -0.15) is 0 Å². The van der Waals surface area contributed by atoms with Crippen molar-refractivity contribution in [3.8, 4) is 0 Å². The van der Waals surface area contributed by atoms with Gasteiger partial charge in [-0.05, 0) is 126 Å². The minimum absolute atomic E-state index is 0.269. The first-order valence-corrected chi connectivity index (χ1v) is 12.3. The summed E-state index contributed by atoms with van der Waals surface area (Å²) in [5, 5.41) is 10.6. The van der Waals surface area contributed by atoms with Crippen LogP contribution in [0.3, 0.4) is 0 Å². The number of fused-ring (bicyclic) bond motifs is 5. The Morgan fingerprint density at radius 2 is 1.68 bits per heavy atom. The number of nitrogens with zero attached hydrogens (tertiary/aromatic N) is 1. The van der Waals surface area contributed by atoms with E-state index in [0.717, 1.165) is 68.5 Å². The van der Waals surface area contributed by atoms with Gasteiger partial charge in [0.25, 0.3) is 0 Å². The minimum atomic E-state index is -0.419. The fraction of sp³-hybridized carbons (Fsp3) is 0.960. The lowest BCUT2D eigenvalue weighted by Crippen LogP contribution is -2.51. The van der Waals surface area contributed by atoms with Crippen molar-refractivity contribution in [3.05, 3.63) is 0 Å². The highest BCUT2D eigenvalue weighted by atomic mass is 16.3. The molecule has 0 radical (unpaired) electrons. The number of Topliss-reactive ketones (excluding diaryl/α,β-unsaturated/α-hetero) is 1. The summed E-state index contributed by atoms with van der Waals surface area (Å²) in [6, 6.07) is 0. The molecule has 3 nitrogen and oxygen atoms in total. The van der Waals surface area contributed by atoms with Gasteiger partial charge in [0.05, 0.1) is 12.1 Å². The van der Waals surface area contributed by atoms with Crippen LogP contribution in [-0.4, -0.2) is 41.0 Å². The fourth-order valence-corrected chi connectivity index (χ4v) is 8.88. The Labute approximate surface area is 171 Å². The third-order valence-corrected chi connectivity index (χ3v) is 10.2. The summed E-state index contributed by atoms with van der Waals surface area (Å²) in [4.78, 5) is 15.7. The Kier molecular flexibility index (Phi) is 4.94. The van der Waals surface area contributed by atoms with Crippen molar-refractivity contribution in [1.29, 1.82) is 0 Å². The van der Waals surface area contributed by atoms with Gasteiger partial charge in [0.1, 0.15) is 5.78 Å². The summed E-state index contributed by atoms with van der Waals surface area (Å²) in [5.74, 6) is 5.00. The number of hydrogen-bond acceptors (Lipinski definition) is 3. The van der Waals surface area contributed by atoms with Gasteiger partial charge in [-0.1, -0.05) is 6.92 Å². The van der Waals surface area contributed by atoms with Crippen molar-refractivity contribution < 1.29 is 9.90 Å². The average Bonchev–Trinajstić information content (AvgIpc) is 3.27. The monoisotopic (exact) mass is 387 g/mol. The van der Waals surface area contributed by atoms with Crippen LogP contribution in [0.2, 0.25) is 0 Å². The summed E-state index contributed by atoms with van der Waals surface area (Å²) in [5.41, 5.74) is -0.150. The lowest BCUT2D eigenvalue weighted by Gasteiger charge is -2.56. The molecule has 28 heavy (non-hydrogen) atoms. The van der Waals surface area contributed by atoms with E-state index >= 15 is 0 Å². The molecule has 0 aromatic rings. The maximum absolute atomic E-state index is 13.3. The van der Waals surface area contributed by atoms with Crippen molar-refractivity contribution in [3.63, 3.8) is 0 Å². The first-order chi connectivity index (χ1) is 13.4. The van der Waals surface area contributed by atoms with E-state index in [9.17, 15) is 9.90 Å². The molecule has 0 aromatic carbocycles. The quantitative estimate of drug-likeness (QED) is 0.765. The topological polar surface area (TPSA) is 40.5 Å². The zero-order chi connectivity index (χ0) is 19.5. The molecular weight excluding hydrogens is 346 g/mol. The highest BCUT2D eigenvalue weighted by Crippen LogP contribution is 2.64. The molecule has 1 aliphatic heterocycles. The van der Waals surface area contributed by atoms with Crippen LogP contribution in [0, 0.1) is 40.9 Å². The van der Waals surface area contributed by atoms with Gasteiger partial charge in [-0.25, -0.2) is 0 Å². The predicted molar refractivity (Wildman–Crippen MR) is 112 cm³/mol. The van der Waals surface area contributed by atoms with Crippen molar-refractivity contribution in [2.75, 3.05) is 19.6 Å². The molecule has 8 atom stereocenters. The highest BCUT2D eigenvalue weighted by Gasteiger charge is 2.58. The maximum Gasteiger partial charge on any atom is 0.150 e. The second-order valence-corrected chi connectivity index (χ2v) is 11.8. The van der Waals surface area contributed by atoms with Gasteiger partial charge in [0.2, 0.25) is 0 Å². The standard InChI is InChI=1S/C25H41NO2/c1-24(28)11-9-18-17(15-24)5-6-20-19(18)10-12-25(2)21(20)7-8-22(25)23(27)16-26-13-3-4-14-26/h17-22,28H,3-16H2,1-2H3/t17-,18-,19+,20+,21-,22+,24+,25-/m0/s1. The van der Waals surface area contributed by atoms with Crippen LogP contribution in [0.4, 0.5) is 0 Å². The molecule has 5 aliphatic rings. The second kappa shape index (κ2) is 7.08. The van der Waals surface area contributed by atoms with Crippen molar-refractivity contribution in [2.45, 2.75) is 90.1 Å². The van der Waals surface area contributed by atoms with E-state index in [0.29, 0.717) is 11.7 Å². The lowest BCUT2D eigenvalue weighted by atomic mass is 9.49. The number of rotatable bonds is 3. The van der Waals surface area contributed by atoms with E-state index in [1.165, 1.54) is 51.4 Å². The van der Waals surface area contributed by atoms with E-state index in [4.69, 9.17) is 0 Å². The molecule has 0 unspecified atom stereocenters. The van der Waals surface area contributed by atoms with Crippen LogP contribution in [0.25, 0.3) is 0 Å². The van der Waals surface area contributed by atoms with Gasteiger partial charge in [-0.3, -0.25) is 9.69 Å². The summed E-state index contributed by atoms with van der Waals surface area (Å²) < 4.78 is 0. The maximum atomic E-state index is 13.3. The number of carbonyl (C=O) groups excluding carboxylic acids is 1. The van der Waals surface area contributed by atoms with Crippen LogP contribution in [0.1, 0.15) is 84.5 Å². The van der Waals surface area contributed by atoms with E-state index in [1.54, 1.807) is 0 Å². The van der Waals surface area contributed by atoms with Crippen molar-refractivity contribution >= 4 is 5.78 Å². The smallest absolute Gasteiger partial charge is 0.150 e. The number of likely N-dealkylation sites (tertiary alicyclic amines) is 1. The summed E-state index contributed by atoms with van der Waals surface area (Å²) in [6.45, 7) is 7.54. The largest absolute Gasteiger partial charge is 0.390 e. The van der Waals surface area contributed by atoms with Crippen LogP contribution in [-0.2, 0) is 4.79 Å². The van der Waals surface area contributed by atoms with E-state index in [2.05, 4.69) is 18.7 Å². The van der Waals surface area contributed by atoms with Crippen LogP contribution in [0.15, 0.2) is 0 Å². The predicted octanol–water partition coefficient (Wildman–Crippen LogP) is 4.67. The van der Waals surface area contributed by atoms with Gasteiger partial charge in [0.15, 0.2) is 0 Å². The Hall–Kier alpha value is -0.410. The molecule has 5 rings (SSSR count). The third-order valence-electron chi connectivity index (χ3n) is 10.2. The molecule has 3 heteroatoms. The molecule has 0 bridgehead atoms. The van der Waals surface area contributed by atoms with E-state index in [-0.39, 0.29) is 5.41 Å². The van der Waals surface area contributed by atoms with Gasteiger partial charge in [0, 0.05) is 5.92 Å². The third kappa shape index (κ3) is 3.20. The Bertz CT molecular complexity index is 610. The zero-order valence-electron chi connectivity index (χ0n) is 18.2. The molecule has 0 aromatic heterocycles. The number of ketones is 1. The molecule has 0 spiro atoms. The molecule has 1 N–H and O–H groups in total. The van der Waals surface area contributed by atoms with Crippen LogP contribution in [0.5, 0.6) is 0 Å². The van der Waals surface area contributed by atoms with Crippen molar-refractivity contribution in [1.82, 2.24) is 4.90 Å². The lowest BCUT2D eigenvalue weighted by molar-refractivity contribution is -0.133. The van der Waals surface area contributed by atoms with Crippen molar-refractivity contribution in [2.24, 2.45) is 40.9 Å². The van der Waals surface area contributed by atoms with E-state index < -0.39 is 5.60 Å². The Balaban J connectivity index is 1.29. The molecule has 5 fully saturated rings. The van der Waals surface area contributed by atoms with Gasteiger partial charge < -0.3 is 5.11 Å².